The molecular weight excluding hydrogens is 158 g/mol. The quantitative estimate of drug-likeness (QED) is 0.574. The number of pyridine rings is 1. The Morgan fingerprint density at radius 2 is 2.42 bits per heavy atom. The molecule has 12 heavy (non-hydrogen) atoms. The zero-order valence-corrected chi connectivity index (χ0v) is 6.66. The number of ether oxygens (including phenoxy) is 1. The van der Waals surface area contributed by atoms with Gasteiger partial charge in [0, 0.05) is 6.92 Å². The number of aromatic amines is 1. The first-order chi connectivity index (χ1) is 5.70. The molecule has 1 unspecified atom stereocenters. The maximum Gasteiger partial charge on any atom is 0.219 e. The number of aryl methyl sites for hydroxylation is 1. The van der Waals surface area contributed by atoms with Gasteiger partial charge >= 0.3 is 0 Å². The Hall–Kier alpha value is -1.13. The van der Waals surface area contributed by atoms with E-state index in [1.54, 1.807) is 13.1 Å². The van der Waals surface area contributed by atoms with Gasteiger partial charge in [0.1, 0.15) is 0 Å². The largest absolute Gasteiger partial charge is 0.502 e. The van der Waals surface area contributed by atoms with E-state index in [4.69, 9.17) is 4.74 Å². The van der Waals surface area contributed by atoms with Crippen molar-refractivity contribution in [1.82, 2.24) is 0 Å². The summed E-state index contributed by atoms with van der Waals surface area (Å²) < 4.78 is 4.93. The monoisotopic (exact) mass is 168 g/mol. The van der Waals surface area contributed by atoms with E-state index in [-0.39, 0.29) is 5.75 Å². The van der Waals surface area contributed by atoms with Crippen LogP contribution >= 0.6 is 0 Å². The molecule has 3 N–H and O–H groups in total. The van der Waals surface area contributed by atoms with E-state index in [0.29, 0.717) is 17.9 Å². The summed E-state index contributed by atoms with van der Waals surface area (Å²) in [5, 5.41) is 18.8. The van der Waals surface area contributed by atoms with Crippen molar-refractivity contribution in [2.75, 3.05) is 0 Å². The molecule has 4 heteroatoms. The minimum absolute atomic E-state index is 0.0949. The first-order valence-electron chi connectivity index (χ1n) is 3.73. The zero-order valence-electron chi connectivity index (χ0n) is 6.66. The Morgan fingerprint density at radius 1 is 1.67 bits per heavy atom. The van der Waals surface area contributed by atoms with Crippen LogP contribution in [0.2, 0.25) is 0 Å². The Bertz CT molecular complexity index is 324. The number of aromatic hydroxyl groups is 1. The van der Waals surface area contributed by atoms with Crippen LogP contribution in [0, 0.1) is 6.92 Å². The first kappa shape index (κ1) is 7.52. The number of aliphatic hydroxyl groups excluding tert-OH is 1. The van der Waals surface area contributed by atoms with E-state index < -0.39 is 6.29 Å². The molecule has 0 bridgehead atoms. The van der Waals surface area contributed by atoms with Crippen LogP contribution < -0.4 is 4.98 Å². The smallest absolute Gasteiger partial charge is 0.219 e. The lowest BCUT2D eigenvalue weighted by Crippen LogP contribution is -2.09. The molecule has 0 saturated heterocycles. The van der Waals surface area contributed by atoms with Gasteiger partial charge in [-0.15, -0.1) is 0 Å². The van der Waals surface area contributed by atoms with Crippen LogP contribution in [0.1, 0.15) is 23.1 Å². The molecule has 1 aliphatic heterocycles. The van der Waals surface area contributed by atoms with E-state index in [0.717, 1.165) is 5.56 Å². The predicted molar refractivity (Wildman–Crippen MR) is 39.1 cm³/mol. The Kier molecular flexibility index (Phi) is 1.52. The number of aromatic nitrogens is 1. The molecule has 2 heterocycles. The molecule has 4 nitrogen and oxygen atoms in total. The van der Waals surface area contributed by atoms with Crippen molar-refractivity contribution in [3.8, 4) is 5.75 Å². The van der Waals surface area contributed by atoms with Crippen molar-refractivity contribution in [1.29, 1.82) is 0 Å². The Morgan fingerprint density at radius 3 is 3.17 bits per heavy atom. The number of aliphatic hydroxyl groups is 1. The van der Waals surface area contributed by atoms with E-state index in [1.165, 1.54) is 0 Å². The van der Waals surface area contributed by atoms with Crippen molar-refractivity contribution >= 4 is 0 Å². The van der Waals surface area contributed by atoms with Crippen LogP contribution in [0.15, 0.2) is 6.20 Å². The zero-order chi connectivity index (χ0) is 8.72. The standard InChI is InChI=1S/C8H9NO3/c1-4-7(10)6-5(2-9-4)3-12-8(6)11/h2,8,10-11H,3H2,1H3/p+1. The SMILES string of the molecule is Cc1[nH+]cc2c(c1O)C(O)OC2. The fraction of sp³-hybridized carbons (Fsp3) is 0.375. The molecule has 1 aliphatic rings. The highest BCUT2D eigenvalue weighted by Crippen LogP contribution is 2.34. The van der Waals surface area contributed by atoms with E-state index in [2.05, 4.69) is 4.98 Å². The third-order valence-electron chi connectivity index (χ3n) is 2.06. The maximum absolute atomic E-state index is 9.52. The van der Waals surface area contributed by atoms with Crippen LogP contribution in [-0.4, -0.2) is 10.2 Å². The maximum atomic E-state index is 9.52. The van der Waals surface area contributed by atoms with E-state index in [9.17, 15) is 10.2 Å². The van der Waals surface area contributed by atoms with Crippen molar-refractivity contribution in [2.45, 2.75) is 19.8 Å². The Labute approximate surface area is 69.4 Å². The van der Waals surface area contributed by atoms with Gasteiger partial charge in [0.05, 0.1) is 17.7 Å². The van der Waals surface area contributed by atoms with Crippen LogP contribution in [-0.2, 0) is 11.3 Å². The summed E-state index contributed by atoms with van der Waals surface area (Å²) in [6.45, 7) is 2.08. The number of fused-ring (bicyclic) bond motifs is 1. The summed E-state index contributed by atoms with van der Waals surface area (Å²) in [7, 11) is 0. The topological polar surface area (TPSA) is 63.8 Å². The molecule has 0 amide bonds. The molecule has 0 spiro atoms. The number of hydrogen-bond acceptors (Lipinski definition) is 3. The molecular formula is C8H10NO3+. The molecule has 1 atom stereocenters. The summed E-state index contributed by atoms with van der Waals surface area (Å²) in [4.78, 5) is 2.88. The second-order valence-corrected chi connectivity index (χ2v) is 2.86. The van der Waals surface area contributed by atoms with E-state index >= 15 is 0 Å². The molecule has 0 aliphatic carbocycles. The van der Waals surface area contributed by atoms with Gasteiger partial charge in [-0.05, 0) is 0 Å². The number of hydrogen-bond donors (Lipinski definition) is 2. The summed E-state index contributed by atoms with van der Waals surface area (Å²) in [6.07, 6.45) is 0.758. The van der Waals surface area contributed by atoms with Crippen molar-refractivity contribution in [3.05, 3.63) is 23.0 Å². The molecule has 64 valence electrons. The predicted octanol–water partition coefficient (Wildman–Crippen LogP) is 0.0358. The second-order valence-electron chi connectivity index (χ2n) is 2.86. The fourth-order valence-corrected chi connectivity index (χ4v) is 1.34. The van der Waals surface area contributed by atoms with E-state index in [1.807, 2.05) is 0 Å². The lowest BCUT2D eigenvalue weighted by Gasteiger charge is -2.03. The van der Waals surface area contributed by atoms with Gasteiger partial charge in [0.2, 0.25) is 5.69 Å². The average Bonchev–Trinajstić information content (AvgIpc) is 2.41. The molecule has 0 fully saturated rings. The average molecular weight is 168 g/mol. The summed E-state index contributed by atoms with van der Waals surface area (Å²) in [5.74, 6) is 0.0949. The van der Waals surface area contributed by atoms with Gasteiger partial charge in [-0.3, -0.25) is 0 Å². The van der Waals surface area contributed by atoms with Gasteiger partial charge in [0.15, 0.2) is 18.2 Å². The number of nitrogens with one attached hydrogen (secondary N) is 1. The highest BCUT2D eigenvalue weighted by molar-refractivity contribution is 5.40. The summed E-state index contributed by atoms with van der Waals surface area (Å²) in [6, 6.07) is 0. The second kappa shape index (κ2) is 2.43. The molecule has 0 radical (unpaired) electrons. The molecule has 1 aromatic heterocycles. The van der Waals surface area contributed by atoms with Crippen molar-refractivity contribution in [2.24, 2.45) is 0 Å². The van der Waals surface area contributed by atoms with Gasteiger partial charge in [0.25, 0.3) is 0 Å². The lowest BCUT2D eigenvalue weighted by molar-refractivity contribution is -0.389. The fourth-order valence-electron chi connectivity index (χ4n) is 1.34. The third kappa shape index (κ3) is 0.888. The van der Waals surface area contributed by atoms with Crippen LogP contribution in [0.4, 0.5) is 0 Å². The third-order valence-corrected chi connectivity index (χ3v) is 2.06. The van der Waals surface area contributed by atoms with Crippen molar-refractivity contribution in [3.63, 3.8) is 0 Å². The first-order valence-corrected chi connectivity index (χ1v) is 3.73. The van der Waals surface area contributed by atoms with Gasteiger partial charge < -0.3 is 14.9 Å². The number of H-pyrrole nitrogens is 1. The molecule has 2 rings (SSSR count). The van der Waals surface area contributed by atoms with Gasteiger partial charge in [-0.25, -0.2) is 4.98 Å². The molecule has 0 saturated carbocycles. The van der Waals surface area contributed by atoms with Crippen LogP contribution in [0.5, 0.6) is 5.75 Å². The summed E-state index contributed by atoms with van der Waals surface area (Å²) in [5.41, 5.74) is 1.94. The van der Waals surface area contributed by atoms with Gasteiger partial charge in [-0.2, -0.15) is 0 Å². The normalized spacial score (nSPS) is 21.0. The molecule has 0 aromatic carbocycles. The minimum Gasteiger partial charge on any atom is -0.502 e. The minimum atomic E-state index is -0.978. The van der Waals surface area contributed by atoms with Gasteiger partial charge in [-0.1, -0.05) is 0 Å². The van der Waals surface area contributed by atoms with Crippen molar-refractivity contribution < 1.29 is 19.9 Å². The highest BCUT2D eigenvalue weighted by atomic mass is 16.6. The van der Waals surface area contributed by atoms with Crippen LogP contribution in [0.3, 0.4) is 0 Å². The molecule has 1 aromatic rings. The summed E-state index contributed by atoms with van der Waals surface area (Å²) >= 11 is 0. The number of rotatable bonds is 0. The van der Waals surface area contributed by atoms with Crippen LogP contribution in [0.25, 0.3) is 0 Å². The highest BCUT2D eigenvalue weighted by Gasteiger charge is 2.28. The lowest BCUT2D eigenvalue weighted by atomic mass is 10.1. The Balaban J connectivity index is 2.63.